The number of para-hydroxylation sites is 1. The molecule has 2 aromatic carbocycles. The van der Waals surface area contributed by atoms with Crippen LogP contribution in [0.5, 0.6) is 5.75 Å². The van der Waals surface area contributed by atoms with E-state index in [1.54, 1.807) is 31.2 Å². The van der Waals surface area contributed by atoms with Crippen molar-refractivity contribution in [2.75, 3.05) is 38.3 Å². The lowest BCUT2D eigenvalue weighted by Gasteiger charge is -2.19. The fourth-order valence-corrected chi connectivity index (χ4v) is 2.91. The van der Waals surface area contributed by atoms with E-state index in [2.05, 4.69) is 22.3 Å². The number of amides is 1. The third-order valence-corrected chi connectivity index (χ3v) is 4.55. The van der Waals surface area contributed by atoms with Crippen molar-refractivity contribution in [1.29, 1.82) is 0 Å². The molecule has 2 N–H and O–H groups in total. The zero-order chi connectivity index (χ0) is 21.8. The van der Waals surface area contributed by atoms with Crippen LogP contribution in [0.1, 0.15) is 18.9 Å². The van der Waals surface area contributed by atoms with E-state index in [4.69, 9.17) is 14.6 Å². The van der Waals surface area contributed by atoms with Gasteiger partial charge in [-0.2, -0.15) is 0 Å². The highest BCUT2D eigenvalue weighted by atomic mass is 16.5. The second-order valence-electron chi connectivity index (χ2n) is 6.88. The summed E-state index contributed by atoms with van der Waals surface area (Å²) in [5.41, 5.74) is 1.97. The van der Waals surface area contributed by atoms with Crippen LogP contribution in [-0.4, -0.2) is 56.4 Å². The molecule has 0 heterocycles. The molecular formula is C23H30N2O5. The van der Waals surface area contributed by atoms with Crippen molar-refractivity contribution in [2.24, 2.45) is 0 Å². The van der Waals surface area contributed by atoms with Gasteiger partial charge in [-0.3, -0.25) is 4.79 Å². The minimum atomic E-state index is -0.983. The van der Waals surface area contributed by atoms with Gasteiger partial charge in [0.1, 0.15) is 5.75 Å². The molecule has 1 amide bonds. The van der Waals surface area contributed by atoms with Gasteiger partial charge in [0.2, 0.25) is 0 Å². The van der Waals surface area contributed by atoms with Gasteiger partial charge < -0.3 is 24.8 Å². The van der Waals surface area contributed by atoms with Gasteiger partial charge in [-0.15, -0.1) is 0 Å². The average molecular weight is 415 g/mol. The van der Waals surface area contributed by atoms with Crippen molar-refractivity contribution in [2.45, 2.75) is 25.9 Å². The minimum absolute atomic E-state index is 0.0649. The number of carboxylic acids is 1. The molecule has 2 aromatic rings. The predicted molar refractivity (Wildman–Crippen MR) is 116 cm³/mol. The summed E-state index contributed by atoms with van der Waals surface area (Å²) in [5.74, 6) is -0.603. The predicted octanol–water partition coefficient (Wildman–Crippen LogP) is 2.74. The highest BCUT2D eigenvalue weighted by molar-refractivity contribution is 5.77. The Morgan fingerprint density at radius 2 is 1.80 bits per heavy atom. The molecule has 0 aromatic heterocycles. The van der Waals surface area contributed by atoms with E-state index in [0.29, 0.717) is 18.9 Å². The Hall–Kier alpha value is -3.06. The Bertz CT molecular complexity index is 780. The second-order valence-corrected chi connectivity index (χ2v) is 6.88. The first kappa shape index (κ1) is 23.2. The molecule has 0 spiro atoms. The summed E-state index contributed by atoms with van der Waals surface area (Å²) in [6, 6.07) is 17.1. The summed E-state index contributed by atoms with van der Waals surface area (Å²) >= 11 is 0. The monoisotopic (exact) mass is 414 g/mol. The second kappa shape index (κ2) is 12.5. The van der Waals surface area contributed by atoms with Gasteiger partial charge >= 0.3 is 5.97 Å². The van der Waals surface area contributed by atoms with Crippen molar-refractivity contribution in [3.05, 3.63) is 60.2 Å². The molecule has 0 aliphatic carbocycles. The number of carboxylic acid groups (broad SMARTS) is 1. The number of hydrogen-bond acceptors (Lipinski definition) is 5. The largest absolute Gasteiger partial charge is 0.484 e. The number of carbonyl (C=O) groups excluding carboxylic acids is 1. The molecule has 0 fully saturated rings. The van der Waals surface area contributed by atoms with Crippen molar-refractivity contribution in [3.63, 3.8) is 0 Å². The lowest BCUT2D eigenvalue weighted by molar-refractivity contribution is -0.150. The van der Waals surface area contributed by atoms with E-state index in [-0.39, 0.29) is 18.9 Å². The van der Waals surface area contributed by atoms with Crippen LogP contribution >= 0.6 is 0 Å². The molecule has 1 atom stereocenters. The minimum Gasteiger partial charge on any atom is -0.484 e. The molecule has 0 radical (unpaired) electrons. The highest BCUT2D eigenvalue weighted by Gasteiger charge is 2.17. The van der Waals surface area contributed by atoms with E-state index in [9.17, 15) is 9.59 Å². The number of nitrogens with one attached hydrogen (secondary N) is 1. The van der Waals surface area contributed by atoms with Gasteiger partial charge in [0.05, 0.1) is 0 Å². The number of carbonyl (C=O) groups is 2. The van der Waals surface area contributed by atoms with E-state index < -0.39 is 12.1 Å². The maximum absolute atomic E-state index is 12.0. The van der Waals surface area contributed by atoms with Gasteiger partial charge in [0.25, 0.3) is 5.91 Å². The molecule has 7 nitrogen and oxygen atoms in total. The molecular weight excluding hydrogens is 384 g/mol. The topological polar surface area (TPSA) is 88.1 Å². The molecule has 0 saturated carbocycles. The van der Waals surface area contributed by atoms with Crippen molar-refractivity contribution in [3.8, 4) is 5.75 Å². The van der Waals surface area contributed by atoms with Gasteiger partial charge in [-0.1, -0.05) is 30.3 Å². The van der Waals surface area contributed by atoms with Crippen LogP contribution in [0.25, 0.3) is 0 Å². The van der Waals surface area contributed by atoms with Crippen LogP contribution in [0, 0.1) is 0 Å². The number of rotatable bonds is 13. The lowest BCUT2D eigenvalue weighted by Crippen LogP contribution is -2.31. The number of anilines is 1. The number of ether oxygens (including phenoxy) is 2. The average Bonchev–Trinajstić information content (AvgIpc) is 2.76. The SMILES string of the molecule is CCOC(Cc1ccc(OCC(=O)NCCCN(C)c2ccccc2)cc1)C(=O)O. The Kier molecular flexibility index (Phi) is 9.67. The third-order valence-electron chi connectivity index (χ3n) is 4.55. The summed E-state index contributed by atoms with van der Waals surface area (Å²) in [4.78, 5) is 25.3. The van der Waals surface area contributed by atoms with Crippen LogP contribution in [-0.2, 0) is 20.7 Å². The number of hydrogen-bond donors (Lipinski definition) is 2. The molecule has 0 bridgehead atoms. The number of nitrogens with zero attached hydrogens (tertiary/aromatic N) is 1. The van der Waals surface area contributed by atoms with Crippen LogP contribution in [0.3, 0.4) is 0 Å². The molecule has 7 heteroatoms. The Balaban J connectivity index is 1.66. The summed E-state index contributed by atoms with van der Waals surface area (Å²) < 4.78 is 10.7. The molecule has 0 saturated heterocycles. The maximum atomic E-state index is 12.0. The quantitative estimate of drug-likeness (QED) is 0.490. The van der Waals surface area contributed by atoms with Crippen LogP contribution in [0.2, 0.25) is 0 Å². The zero-order valence-corrected chi connectivity index (χ0v) is 17.5. The lowest BCUT2D eigenvalue weighted by atomic mass is 10.1. The van der Waals surface area contributed by atoms with E-state index in [1.165, 1.54) is 0 Å². The Morgan fingerprint density at radius 1 is 1.10 bits per heavy atom. The van der Waals surface area contributed by atoms with Gasteiger partial charge in [-0.05, 0) is 43.2 Å². The van der Waals surface area contributed by atoms with E-state index >= 15 is 0 Å². The summed E-state index contributed by atoms with van der Waals surface area (Å²) in [7, 11) is 2.02. The van der Waals surface area contributed by atoms with Gasteiger partial charge in [0, 0.05) is 38.9 Å². The number of aliphatic carboxylic acids is 1. The van der Waals surface area contributed by atoms with E-state index in [1.807, 2.05) is 25.2 Å². The van der Waals surface area contributed by atoms with Crippen molar-refractivity contribution < 1.29 is 24.2 Å². The van der Waals surface area contributed by atoms with Gasteiger partial charge in [0.15, 0.2) is 12.7 Å². The maximum Gasteiger partial charge on any atom is 0.333 e. The van der Waals surface area contributed by atoms with Crippen LogP contribution < -0.4 is 15.0 Å². The first-order valence-corrected chi connectivity index (χ1v) is 10.1. The highest BCUT2D eigenvalue weighted by Crippen LogP contribution is 2.14. The summed E-state index contributed by atoms with van der Waals surface area (Å²) in [6.45, 7) is 3.46. The number of benzene rings is 2. The van der Waals surface area contributed by atoms with Crippen molar-refractivity contribution >= 4 is 17.6 Å². The van der Waals surface area contributed by atoms with Crippen LogP contribution in [0.15, 0.2) is 54.6 Å². The Labute approximate surface area is 177 Å². The Morgan fingerprint density at radius 3 is 2.43 bits per heavy atom. The molecule has 30 heavy (non-hydrogen) atoms. The summed E-state index contributed by atoms with van der Waals surface area (Å²) in [5, 5.41) is 12.0. The third kappa shape index (κ3) is 8.13. The fraction of sp³-hybridized carbons (Fsp3) is 0.391. The van der Waals surface area contributed by atoms with Crippen molar-refractivity contribution in [1.82, 2.24) is 5.32 Å². The zero-order valence-electron chi connectivity index (χ0n) is 17.5. The fourth-order valence-electron chi connectivity index (χ4n) is 2.91. The molecule has 0 aliphatic heterocycles. The molecule has 2 rings (SSSR count). The molecule has 0 aliphatic rings. The molecule has 162 valence electrons. The first-order chi connectivity index (χ1) is 14.5. The first-order valence-electron chi connectivity index (χ1n) is 10.1. The smallest absolute Gasteiger partial charge is 0.333 e. The molecule has 1 unspecified atom stereocenters. The van der Waals surface area contributed by atoms with Crippen LogP contribution in [0.4, 0.5) is 5.69 Å². The van der Waals surface area contributed by atoms with Gasteiger partial charge in [-0.25, -0.2) is 4.79 Å². The normalized spacial score (nSPS) is 11.5. The standard InChI is InChI=1S/C23H30N2O5/c1-3-29-21(23(27)28)16-18-10-12-20(13-11-18)30-17-22(26)24-14-7-15-25(2)19-8-5-4-6-9-19/h4-6,8-13,21H,3,7,14-17H2,1-2H3,(H,24,26)(H,27,28). The van der Waals surface area contributed by atoms with E-state index in [0.717, 1.165) is 24.2 Å². The summed E-state index contributed by atoms with van der Waals surface area (Å²) in [6.07, 6.45) is 0.242.